The van der Waals surface area contributed by atoms with Gasteiger partial charge in [-0.1, -0.05) is 231 Å². The third kappa shape index (κ3) is 48.2. The second-order valence-corrected chi connectivity index (χ2v) is 18.3. The standard InChI is InChI=1S/C8H16.C7H15N.C7H14O.C7H14.C6H13N.C6H12O.C6H12.C5H10/c3*1-2-4-6-8-7-5-3-1;3*1-2-4-6-7-5-3-1;1-2-4-6-5-3-1;1-2-4-5-3-1/h1-8H2;8H,1-7H2;1-7H2;1-7H2;7H,1-6H2;1-6H2;1-6H2;1-5H2. The molecule has 8 aliphatic rings. The number of hydrogen-bond acceptors (Lipinski definition) is 4. The third-order valence-corrected chi connectivity index (χ3v) is 12.6. The Hall–Kier alpha value is -0.160. The summed E-state index contributed by atoms with van der Waals surface area (Å²) in [6.45, 7) is 9.00. The number of nitrogens with one attached hydrogen (secondary N) is 2. The van der Waals surface area contributed by atoms with Crippen LogP contribution in [0.25, 0.3) is 0 Å². The van der Waals surface area contributed by atoms with Crippen LogP contribution in [0.5, 0.6) is 0 Å². The van der Waals surface area contributed by atoms with E-state index in [0.717, 1.165) is 26.4 Å². The summed E-state index contributed by atoms with van der Waals surface area (Å²) in [6, 6.07) is 0. The van der Waals surface area contributed by atoms with E-state index >= 15 is 0 Å². The summed E-state index contributed by atoms with van der Waals surface area (Å²) in [5.41, 5.74) is 0. The molecule has 4 heterocycles. The van der Waals surface area contributed by atoms with Crippen molar-refractivity contribution in [2.75, 3.05) is 52.6 Å². The van der Waals surface area contributed by atoms with E-state index in [4.69, 9.17) is 9.47 Å². The molecule has 0 radical (unpaired) electrons. The molecule has 4 saturated carbocycles. The molecule has 0 atom stereocenters. The average Bonchev–Trinajstić information content (AvgIpc) is 3.42. The quantitative estimate of drug-likeness (QED) is 0.240. The first kappa shape index (κ1) is 53.9. The Kier molecular flexibility index (Phi) is 49.0. The summed E-state index contributed by atoms with van der Waals surface area (Å²) in [5.74, 6) is 0. The second-order valence-electron chi connectivity index (χ2n) is 18.3. The molecule has 8 rings (SSSR count). The summed E-state index contributed by atoms with van der Waals surface area (Å²) in [6.07, 6.45) is 63.8. The van der Waals surface area contributed by atoms with Crippen molar-refractivity contribution in [3.05, 3.63) is 0 Å². The van der Waals surface area contributed by atoms with E-state index in [0.29, 0.717) is 0 Å². The maximum atomic E-state index is 5.27. The third-order valence-electron chi connectivity index (χ3n) is 12.6. The van der Waals surface area contributed by atoms with Crippen LogP contribution in [0.2, 0.25) is 0 Å². The molecule has 0 spiro atoms. The molecule has 0 aromatic carbocycles. The van der Waals surface area contributed by atoms with Crippen molar-refractivity contribution in [2.45, 2.75) is 283 Å². The van der Waals surface area contributed by atoms with Crippen LogP contribution < -0.4 is 10.6 Å². The Morgan fingerprint density at radius 1 is 0.143 bits per heavy atom. The van der Waals surface area contributed by atoms with Crippen LogP contribution in [0.1, 0.15) is 283 Å². The molecule has 4 saturated heterocycles. The first-order valence-electron chi connectivity index (χ1n) is 26.6. The smallest absolute Gasteiger partial charge is 0.0466 e. The van der Waals surface area contributed by atoms with Crippen LogP contribution in [0.15, 0.2) is 0 Å². The zero-order valence-corrected chi connectivity index (χ0v) is 38.6. The van der Waals surface area contributed by atoms with Crippen LogP contribution in [-0.2, 0) is 9.47 Å². The van der Waals surface area contributed by atoms with E-state index in [-0.39, 0.29) is 0 Å². The van der Waals surface area contributed by atoms with Gasteiger partial charge in [-0.05, 0) is 77.5 Å². The van der Waals surface area contributed by atoms with Crippen LogP contribution in [0.3, 0.4) is 0 Å². The highest BCUT2D eigenvalue weighted by molar-refractivity contribution is 4.56. The fourth-order valence-corrected chi connectivity index (χ4v) is 8.63. The first-order valence-corrected chi connectivity index (χ1v) is 26.6. The van der Waals surface area contributed by atoms with Crippen molar-refractivity contribution in [3.63, 3.8) is 0 Å². The van der Waals surface area contributed by atoms with E-state index in [2.05, 4.69) is 10.6 Å². The van der Waals surface area contributed by atoms with Gasteiger partial charge < -0.3 is 20.1 Å². The molecule has 0 unspecified atom stereocenters. The van der Waals surface area contributed by atoms with Crippen molar-refractivity contribution >= 4 is 0 Å². The molecule has 4 aliphatic heterocycles. The highest BCUT2D eigenvalue weighted by Crippen LogP contribution is 2.17. The highest BCUT2D eigenvalue weighted by atomic mass is 16.5. The second kappa shape index (κ2) is 51.0. The van der Waals surface area contributed by atoms with Gasteiger partial charge in [0.15, 0.2) is 0 Å². The summed E-state index contributed by atoms with van der Waals surface area (Å²) in [5, 5.41) is 6.73. The van der Waals surface area contributed by atoms with Gasteiger partial charge in [0.1, 0.15) is 0 Å². The van der Waals surface area contributed by atoms with Crippen molar-refractivity contribution in [1.29, 1.82) is 0 Å². The fraction of sp³-hybridized carbons (Fsp3) is 1.00. The van der Waals surface area contributed by atoms with Gasteiger partial charge in [-0.25, -0.2) is 0 Å². The van der Waals surface area contributed by atoms with Gasteiger partial charge in [-0.2, -0.15) is 0 Å². The molecule has 8 fully saturated rings. The van der Waals surface area contributed by atoms with Gasteiger partial charge >= 0.3 is 0 Å². The molecule has 4 aliphatic carbocycles. The van der Waals surface area contributed by atoms with Crippen LogP contribution >= 0.6 is 0 Å². The van der Waals surface area contributed by atoms with Gasteiger partial charge in [-0.15, -0.1) is 0 Å². The molecule has 0 bridgehead atoms. The van der Waals surface area contributed by atoms with Gasteiger partial charge in [0.25, 0.3) is 0 Å². The SMILES string of the molecule is C1CCCC1.C1CCCCC1.C1CCCCCC1.C1CCCCCCC1.C1CCCNCC1.C1CCCNCCC1.C1CCCOCC1.C1CCCOCCC1. The summed E-state index contributed by atoms with van der Waals surface area (Å²) < 4.78 is 10.5. The van der Waals surface area contributed by atoms with E-state index in [1.807, 2.05) is 0 Å². The van der Waals surface area contributed by atoms with Crippen molar-refractivity contribution < 1.29 is 9.47 Å². The predicted octanol–water partition coefficient (Wildman–Crippen LogP) is 16.4. The molecule has 2 N–H and O–H groups in total. The molecule has 0 aromatic rings. The van der Waals surface area contributed by atoms with Gasteiger partial charge in [0.2, 0.25) is 0 Å². The topological polar surface area (TPSA) is 42.5 Å². The lowest BCUT2D eigenvalue weighted by Crippen LogP contribution is -2.18. The van der Waals surface area contributed by atoms with Gasteiger partial charge in [-0.3, -0.25) is 0 Å². The monoisotopic (exact) mass is 791 g/mol. The predicted molar refractivity (Wildman–Crippen MR) is 251 cm³/mol. The maximum absolute atomic E-state index is 5.27. The Bertz CT molecular complexity index is 446. The van der Waals surface area contributed by atoms with Crippen LogP contribution in [0.4, 0.5) is 0 Å². The lowest BCUT2D eigenvalue weighted by molar-refractivity contribution is 0.116. The van der Waals surface area contributed by atoms with E-state index in [1.54, 1.807) is 0 Å². The number of ether oxygens (including phenoxy) is 2. The Balaban J connectivity index is 0.000000321. The summed E-state index contributed by atoms with van der Waals surface area (Å²) >= 11 is 0. The Morgan fingerprint density at radius 2 is 0.268 bits per heavy atom. The molecular formula is C52H106N2O2. The van der Waals surface area contributed by atoms with Crippen molar-refractivity contribution in [2.24, 2.45) is 0 Å². The maximum Gasteiger partial charge on any atom is 0.0466 e. The molecular weight excluding hydrogens is 685 g/mol. The number of rotatable bonds is 0. The first-order chi connectivity index (χ1) is 28.0. The van der Waals surface area contributed by atoms with Crippen molar-refractivity contribution in [1.82, 2.24) is 10.6 Å². The molecule has 4 nitrogen and oxygen atoms in total. The lowest BCUT2D eigenvalue weighted by Gasteiger charge is -2.08. The minimum Gasteiger partial charge on any atom is -0.381 e. The minimum atomic E-state index is 1.00. The highest BCUT2D eigenvalue weighted by Gasteiger charge is 2.00. The zero-order valence-electron chi connectivity index (χ0n) is 38.6. The minimum absolute atomic E-state index is 1.00. The van der Waals surface area contributed by atoms with Crippen LogP contribution in [-0.4, -0.2) is 52.6 Å². The van der Waals surface area contributed by atoms with E-state index in [9.17, 15) is 0 Å². The van der Waals surface area contributed by atoms with E-state index in [1.165, 1.54) is 309 Å². The normalized spacial score (nSPS) is 24.0. The molecule has 56 heavy (non-hydrogen) atoms. The molecule has 0 amide bonds. The number of hydrogen-bond donors (Lipinski definition) is 2. The zero-order chi connectivity index (χ0) is 39.6. The van der Waals surface area contributed by atoms with Gasteiger partial charge in [0, 0.05) is 26.4 Å². The van der Waals surface area contributed by atoms with E-state index < -0.39 is 0 Å². The molecule has 0 aromatic heterocycles. The Labute approximate surface area is 354 Å². The summed E-state index contributed by atoms with van der Waals surface area (Å²) in [4.78, 5) is 0. The summed E-state index contributed by atoms with van der Waals surface area (Å²) in [7, 11) is 0. The van der Waals surface area contributed by atoms with Crippen LogP contribution in [0, 0.1) is 0 Å². The molecule has 336 valence electrons. The lowest BCUT2D eigenvalue weighted by atomic mass is 10.0. The van der Waals surface area contributed by atoms with Crippen molar-refractivity contribution in [3.8, 4) is 0 Å². The fourth-order valence-electron chi connectivity index (χ4n) is 8.63. The largest absolute Gasteiger partial charge is 0.381 e. The Morgan fingerprint density at radius 3 is 0.429 bits per heavy atom. The molecule has 4 heteroatoms. The van der Waals surface area contributed by atoms with Gasteiger partial charge in [0.05, 0.1) is 0 Å². The average molecular weight is 791 g/mol.